The van der Waals surface area contributed by atoms with Crippen molar-refractivity contribution in [2.24, 2.45) is 0 Å². The summed E-state index contributed by atoms with van der Waals surface area (Å²) in [4.78, 5) is 0. The SMILES string of the molecule is OCc1occ2c1CCCC2. The lowest BCUT2D eigenvalue weighted by Crippen LogP contribution is -2.01. The van der Waals surface area contributed by atoms with Crippen LogP contribution < -0.4 is 0 Å². The molecule has 1 heterocycles. The molecule has 0 saturated heterocycles. The zero-order valence-corrected chi connectivity index (χ0v) is 6.47. The second kappa shape index (κ2) is 2.70. The summed E-state index contributed by atoms with van der Waals surface area (Å²) in [5.74, 6) is 0.778. The molecule has 0 saturated carbocycles. The lowest BCUT2D eigenvalue weighted by Gasteiger charge is -2.09. The van der Waals surface area contributed by atoms with Crippen LogP contribution in [0.5, 0.6) is 0 Å². The summed E-state index contributed by atoms with van der Waals surface area (Å²) in [6, 6.07) is 0. The Morgan fingerprint density at radius 1 is 1.36 bits per heavy atom. The standard InChI is InChI=1S/C9H12O2/c10-5-9-8-4-2-1-3-7(8)6-11-9/h6,10H,1-5H2. The van der Waals surface area contributed by atoms with Gasteiger partial charge in [0.15, 0.2) is 0 Å². The fourth-order valence-electron chi connectivity index (χ4n) is 1.72. The van der Waals surface area contributed by atoms with Crippen LogP contribution in [0.4, 0.5) is 0 Å². The highest BCUT2D eigenvalue weighted by molar-refractivity contribution is 5.29. The molecule has 0 aromatic carbocycles. The van der Waals surface area contributed by atoms with Crippen molar-refractivity contribution in [1.82, 2.24) is 0 Å². The number of rotatable bonds is 1. The number of aliphatic hydroxyl groups excluding tert-OH is 1. The number of aryl methyl sites for hydroxylation is 1. The van der Waals surface area contributed by atoms with Crippen molar-refractivity contribution in [3.05, 3.63) is 23.2 Å². The first-order chi connectivity index (χ1) is 5.42. The van der Waals surface area contributed by atoms with E-state index in [2.05, 4.69) is 0 Å². The van der Waals surface area contributed by atoms with E-state index < -0.39 is 0 Å². The number of furan rings is 1. The number of hydrogen-bond donors (Lipinski definition) is 1. The summed E-state index contributed by atoms with van der Waals surface area (Å²) in [5.41, 5.74) is 2.57. The van der Waals surface area contributed by atoms with Crippen LogP contribution in [0.25, 0.3) is 0 Å². The minimum atomic E-state index is 0.0509. The normalized spacial score (nSPS) is 16.5. The van der Waals surface area contributed by atoms with Crippen LogP contribution in [0.1, 0.15) is 29.7 Å². The Bertz CT molecular complexity index is 237. The average Bonchev–Trinajstić information content (AvgIpc) is 2.47. The van der Waals surface area contributed by atoms with Crippen molar-refractivity contribution >= 4 is 0 Å². The van der Waals surface area contributed by atoms with Crippen molar-refractivity contribution in [2.45, 2.75) is 32.3 Å². The quantitative estimate of drug-likeness (QED) is 0.663. The first-order valence-electron chi connectivity index (χ1n) is 4.11. The smallest absolute Gasteiger partial charge is 0.132 e. The van der Waals surface area contributed by atoms with Crippen LogP contribution in [0, 0.1) is 0 Å². The van der Waals surface area contributed by atoms with Gasteiger partial charge in [0.1, 0.15) is 12.4 Å². The maximum absolute atomic E-state index is 8.89. The molecule has 0 amide bonds. The van der Waals surface area contributed by atoms with Gasteiger partial charge in [-0.15, -0.1) is 0 Å². The van der Waals surface area contributed by atoms with Gasteiger partial charge in [0.25, 0.3) is 0 Å². The van der Waals surface area contributed by atoms with Crippen LogP contribution in [0.15, 0.2) is 10.7 Å². The molecule has 0 fully saturated rings. The van der Waals surface area contributed by atoms with Gasteiger partial charge in [-0.25, -0.2) is 0 Å². The van der Waals surface area contributed by atoms with E-state index in [4.69, 9.17) is 9.52 Å². The number of hydrogen-bond acceptors (Lipinski definition) is 2. The van der Waals surface area contributed by atoms with Crippen LogP contribution in [-0.2, 0) is 19.4 Å². The molecule has 0 unspecified atom stereocenters. The van der Waals surface area contributed by atoms with E-state index in [1.54, 1.807) is 6.26 Å². The van der Waals surface area contributed by atoms with Gasteiger partial charge < -0.3 is 9.52 Å². The molecule has 1 aromatic heterocycles. The molecule has 1 N–H and O–H groups in total. The summed E-state index contributed by atoms with van der Waals surface area (Å²) in [5, 5.41) is 8.89. The monoisotopic (exact) mass is 152 g/mol. The number of aliphatic hydroxyl groups is 1. The lowest BCUT2D eigenvalue weighted by molar-refractivity contribution is 0.245. The summed E-state index contributed by atoms with van der Waals surface area (Å²) >= 11 is 0. The minimum absolute atomic E-state index is 0.0509. The molecular formula is C9H12O2. The molecule has 1 aromatic rings. The van der Waals surface area contributed by atoms with Crippen molar-refractivity contribution in [3.8, 4) is 0 Å². The fraction of sp³-hybridized carbons (Fsp3) is 0.556. The van der Waals surface area contributed by atoms with Crippen LogP contribution >= 0.6 is 0 Å². The topological polar surface area (TPSA) is 33.4 Å². The van der Waals surface area contributed by atoms with E-state index in [9.17, 15) is 0 Å². The summed E-state index contributed by atoms with van der Waals surface area (Å²) in [7, 11) is 0. The average molecular weight is 152 g/mol. The van der Waals surface area contributed by atoms with Crippen LogP contribution in [-0.4, -0.2) is 5.11 Å². The van der Waals surface area contributed by atoms with E-state index in [1.165, 1.54) is 24.0 Å². The third-order valence-corrected chi connectivity index (χ3v) is 2.33. The Morgan fingerprint density at radius 3 is 3.00 bits per heavy atom. The molecule has 2 rings (SSSR count). The zero-order chi connectivity index (χ0) is 7.68. The van der Waals surface area contributed by atoms with Gasteiger partial charge in [0.05, 0.1) is 6.26 Å². The molecular weight excluding hydrogens is 140 g/mol. The van der Waals surface area contributed by atoms with Gasteiger partial charge in [-0.1, -0.05) is 0 Å². The highest BCUT2D eigenvalue weighted by atomic mass is 16.4. The molecule has 0 radical (unpaired) electrons. The van der Waals surface area contributed by atoms with E-state index in [0.717, 1.165) is 18.6 Å². The third kappa shape index (κ3) is 1.07. The molecule has 0 spiro atoms. The van der Waals surface area contributed by atoms with Crippen LogP contribution in [0.2, 0.25) is 0 Å². The summed E-state index contributed by atoms with van der Waals surface area (Å²) < 4.78 is 5.22. The predicted octanol–water partition coefficient (Wildman–Crippen LogP) is 1.65. The Hall–Kier alpha value is -0.760. The molecule has 1 aliphatic rings. The molecule has 60 valence electrons. The predicted molar refractivity (Wildman–Crippen MR) is 41.3 cm³/mol. The fourth-order valence-corrected chi connectivity index (χ4v) is 1.72. The Morgan fingerprint density at radius 2 is 2.18 bits per heavy atom. The second-order valence-electron chi connectivity index (χ2n) is 3.03. The second-order valence-corrected chi connectivity index (χ2v) is 3.03. The third-order valence-electron chi connectivity index (χ3n) is 2.33. The molecule has 11 heavy (non-hydrogen) atoms. The van der Waals surface area contributed by atoms with E-state index in [0.29, 0.717) is 0 Å². The zero-order valence-electron chi connectivity index (χ0n) is 6.47. The molecule has 2 heteroatoms. The Balaban J connectivity index is 2.38. The molecule has 0 bridgehead atoms. The van der Waals surface area contributed by atoms with Crippen molar-refractivity contribution < 1.29 is 9.52 Å². The highest BCUT2D eigenvalue weighted by Gasteiger charge is 2.15. The van der Waals surface area contributed by atoms with E-state index >= 15 is 0 Å². The highest BCUT2D eigenvalue weighted by Crippen LogP contribution is 2.25. The first kappa shape index (κ1) is 6.92. The number of fused-ring (bicyclic) bond motifs is 1. The Labute approximate surface area is 65.8 Å². The summed E-state index contributed by atoms with van der Waals surface area (Å²) in [6.45, 7) is 0.0509. The maximum atomic E-state index is 8.89. The van der Waals surface area contributed by atoms with Crippen molar-refractivity contribution in [2.75, 3.05) is 0 Å². The molecule has 0 atom stereocenters. The van der Waals surface area contributed by atoms with Crippen LogP contribution in [0.3, 0.4) is 0 Å². The van der Waals surface area contributed by atoms with Gasteiger partial charge in [0, 0.05) is 0 Å². The van der Waals surface area contributed by atoms with Gasteiger partial charge >= 0.3 is 0 Å². The van der Waals surface area contributed by atoms with Crippen molar-refractivity contribution in [3.63, 3.8) is 0 Å². The van der Waals surface area contributed by atoms with Gasteiger partial charge in [-0.05, 0) is 36.8 Å². The van der Waals surface area contributed by atoms with Crippen molar-refractivity contribution in [1.29, 1.82) is 0 Å². The van der Waals surface area contributed by atoms with Gasteiger partial charge in [-0.3, -0.25) is 0 Å². The van der Waals surface area contributed by atoms with E-state index in [1.807, 2.05) is 0 Å². The summed E-state index contributed by atoms with van der Waals surface area (Å²) in [6.07, 6.45) is 6.50. The Kier molecular flexibility index (Phi) is 1.70. The molecule has 2 nitrogen and oxygen atoms in total. The van der Waals surface area contributed by atoms with Gasteiger partial charge in [-0.2, -0.15) is 0 Å². The largest absolute Gasteiger partial charge is 0.466 e. The molecule has 0 aliphatic heterocycles. The first-order valence-corrected chi connectivity index (χ1v) is 4.11. The maximum Gasteiger partial charge on any atom is 0.132 e. The minimum Gasteiger partial charge on any atom is -0.466 e. The molecule has 1 aliphatic carbocycles. The van der Waals surface area contributed by atoms with E-state index in [-0.39, 0.29) is 6.61 Å². The lowest BCUT2D eigenvalue weighted by atomic mass is 9.94. The van der Waals surface area contributed by atoms with Gasteiger partial charge in [0.2, 0.25) is 0 Å².